The van der Waals surface area contributed by atoms with Gasteiger partial charge in [-0.1, -0.05) is 6.07 Å². The summed E-state index contributed by atoms with van der Waals surface area (Å²) in [4.78, 5) is 1.34. The van der Waals surface area contributed by atoms with Crippen LogP contribution in [0, 0.1) is 0 Å². The molecule has 0 aliphatic carbocycles. The second-order valence-corrected chi connectivity index (χ2v) is 6.23. The number of hydrogen-bond donors (Lipinski definition) is 2. The van der Waals surface area contributed by atoms with Gasteiger partial charge in [-0.2, -0.15) is 11.8 Å². The molecule has 0 amide bonds. The third-order valence-electron chi connectivity index (χ3n) is 2.79. The van der Waals surface area contributed by atoms with Crippen molar-refractivity contribution in [1.82, 2.24) is 5.32 Å². The van der Waals surface area contributed by atoms with Crippen LogP contribution in [0.5, 0.6) is 0 Å². The van der Waals surface area contributed by atoms with Crippen molar-refractivity contribution >= 4 is 23.1 Å². The fourth-order valence-corrected chi connectivity index (χ4v) is 3.77. The Morgan fingerprint density at radius 1 is 1.67 bits per heavy atom. The number of rotatable bonds is 4. The Morgan fingerprint density at radius 2 is 2.53 bits per heavy atom. The summed E-state index contributed by atoms with van der Waals surface area (Å²) < 4.78 is 0. The molecule has 1 saturated heterocycles. The lowest BCUT2D eigenvalue weighted by Crippen LogP contribution is -2.41. The Labute approximate surface area is 99.1 Å². The minimum Gasteiger partial charge on any atom is -0.388 e. The molecule has 1 aromatic heterocycles. The summed E-state index contributed by atoms with van der Waals surface area (Å²) in [5.74, 6) is 1.96. The van der Waals surface area contributed by atoms with Crippen LogP contribution in [0.1, 0.15) is 24.3 Å². The van der Waals surface area contributed by atoms with Crippen molar-refractivity contribution in [2.75, 3.05) is 18.1 Å². The van der Waals surface area contributed by atoms with Crippen LogP contribution < -0.4 is 5.32 Å². The van der Waals surface area contributed by atoms with E-state index in [2.05, 4.69) is 29.8 Å². The van der Waals surface area contributed by atoms with Crippen molar-refractivity contribution in [3.8, 4) is 0 Å². The van der Waals surface area contributed by atoms with E-state index in [1.807, 2.05) is 11.8 Å². The van der Waals surface area contributed by atoms with Crippen molar-refractivity contribution in [2.45, 2.75) is 25.0 Å². The van der Waals surface area contributed by atoms with Gasteiger partial charge in [0.25, 0.3) is 0 Å². The maximum absolute atomic E-state index is 10.2. The van der Waals surface area contributed by atoms with Crippen LogP contribution in [-0.2, 0) is 0 Å². The van der Waals surface area contributed by atoms with Crippen molar-refractivity contribution in [1.29, 1.82) is 0 Å². The first-order valence-electron chi connectivity index (χ1n) is 5.27. The molecule has 2 rings (SSSR count). The molecule has 15 heavy (non-hydrogen) atoms. The van der Waals surface area contributed by atoms with E-state index >= 15 is 0 Å². The first-order chi connectivity index (χ1) is 7.20. The molecule has 0 aromatic carbocycles. The Balaban J connectivity index is 1.83. The summed E-state index contributed by atoms with van der Waals surface area (Å²) in [6, 6.07) is 4.55. The van der Waals surface area contributed by atoms with Crippen LogP contribution in [0.15, 0.2) is 17.5 Å². The van der Waals surface area contributed by atoms with E-state index < -0.39 is 5.60 Å². The second kappa shape index (κ2) is 4.87. The molecule has 2 heterocycles. The van der Waals surface area contributed by atoms with E-state index in [1.165, 1.54) is 4.88 Å². The Morgan fingerprint density at radius 3 is 3.13 bits per heavy atom. The SMILES string of the molecule is CC(NCC1(O)CCSC1)c1cccs1. The molecule has 0 saturated carbocycles. The zero-order chi connectivity index (χ0) is 10.7. The summed E-state index contributed by atoms with van der Waals surface area (Å²) >= 11 is 3.61. The molecule has 2 atom stereocenters. The maximum atomic E-state index is 10.2. The lowest BCUT2D eigenvalue weighted by Gasteiger charge is -2.24. The van der Waals surface area contributed by atoms with Gasteiger partial charge in [-0.15, -0.1) is 11.3 Å². The Hall–Kier alpha value is -0.0300. The van der Waals surface area contributed by atoms with Gasteiger partial charge in [0.15, 0.2) is 0 Å². The lowest BCUT2D eigenvalue weighted by atomic mass is 10.0. The standard InChI is InChI=1S/C11H17NOS2/c1-9(10-3-2-5-15-10)12-7-11(13)4-6-14-8-11/h2-3,5,9,12-13H,4,6-8H2,1H3. The Kier molecular flexibility index (Phi) is 3.72. The average molecular weight is 243 g/mol. The van der Waals surface area contributed by atoms with Crippen LogP contribution in [-0.4, -0.2) is 28.8 Å². The van der Waals surface area contributed by atoms with Crippen molar-refractivity contribution in [3.63, 3.8) is 0 Å². The van der Waals surface area contributed by atoms with Crippen LogP contribution in [0.4, 0.5) is 0 Å². The van der Waals surface area contributed by atoms with Crippen LogP contribution in [0.3, 0.4) is 0 Å². The van der Waals surface area contributed by atoms with E-state index in [4.69, 9.17) is 0 Å². The predicted octanol–water partition coefficient (Wildman–Crippen LogP) is 2.27. The fourth-order valence-electron chi connectivity index (χ4n) is 1.72. The molecular weight excluding hydrogens is 226 g/mol. The van der Waals surface area contributed by atoms with Crippen molar-refractivity contribution < 1.29 is 5.11 Å². The van der Waals surface area contributed by atoms with E-state index in [-0.39, 0.29) is 0 Å². The van der Waals surface area contributed by atoms with Crippen LogP contribution >= 0.6 is 23.1 Å². The molecule has 84 valence electrons. The summed E-state index contributed by atoms with van der Waals surface area (Å²) in [6.45, 7) is 2.86. The van der Waals surface area contributed by atoms with E-state index in [9.17, 15) is 5.11 Å². The summed E-state index contributed by atoms with van der Waals surface area (Å²) in [5.41, 5.74) is -0.476. The number of nitrogens with one attached hydrogen (secondary N) is 1. The molecular formula is C11H17NOS2. The highest BCUT2D eigenvalue weighted by Crippen LogP contribution is 2.28. The molecule has 0 spiro atoms. The minimum absolute atomic E-state index is 0.347. The first kappa shape index (κ1) is 11.5. The van der Waals surface area contributed by atoms with Gasteiger partial charge in [-0.3, -0.25) is 0 Å². The largest absolute Gasteiger partial charge is 0.388 e. The van der Waals surface area contributed by atoms with E-state index in [1.54, 1.807) is 11.3 Å². The monoisotopic (exact) mass is 243 g/mol. The Bertz CT molecular complexity index is 294. The molecule has 0 bridgehead atoms. The lowest BCUT2D eigenvalue weighted by molar-refractivity contribution is 0.0652. The highest BCUT2D eigenvalue weighted by atomic mass is 32.2. The summed E-state index contributed by atoms with van der Waals surface area (Å²) in [6.07, 6.45) is 0.918. The third kappa shape index (κ3) is 2.97. The van der Waals surface area contributed by atoms with Gasteiger partial charge in [-0.05, 0) is 30.5 Å². The number of thioether (sulfide) groups is 1. The van der Waals surface area contributed by atoms with E-state index in [0.717, 1.165) is 17.9 Å². The van der Waals surface area contributed by atoms with Gasteiger partial charge in [-0.25, -0.2) is 0 Å². The molecule has 1 aromatic rings. The first-order valence-corrected chi connectivity index (χ1v) is 7.30. The zero-order valence-electron chi connectivity index (χ0n) is 8.90. The number of thiophene rings is 1. The summed E-state index contributed by atoms with van der Waals surface area (Å²) in [7, 11) is 0. The normalized spacial score (nSPS) is 28.1. The topological polar surface area (TPSA) is 32.3 Å². The maximum Gasteiger partial charge on any atom is 0.0869 e. The van der Waals surface area contributed by atoms with Gasteiger partial charge in [0.05, 0.1) is 5.60 Å². The predicted molar refractivity (Wildman–Crippen MR) is 67.6 cm³/mol. The fraction of sp³-hybridized carbons (Fsp3) is 0.636. The second-order valence-electron chi connectivity index (χ2n) is 4.14. The average Bonchev–Trinajstić information content (AvgIpc) is 2.85. The number of aliphatic hydroxyl groups is 1. The van der Waals surface area contributed by atoms with Crippen LogP contribution in [0.25, 0.3) is 0 Å². The molecule has 0 radical (unpaired) electrons. The molecule has 1 aliphatic rings. The molecule has 2 unspecified atom stereocenters. The van der Waals surface area contributed by atoms with Gasteiger partial charge < -0.3 is 10.4 Å². The smallest absolute Gasteiger partial charge is 0.0869 e. The molecule has 1 fully saturated rings. The van der Waals surface area contributed by atoms with E-state index in [0.29, 0.717) is 12.6 Å². The molecule has 4 heteroatoms. The van der Waals surface area contributed by atoms with Crippen LogP contribution in [0.2, 0.25) is 0 Å². The van der Waals surface area contributed by atoms with Crippen molar-refractivity contribution in [2.24, 2.45) is 0 Å². The molecule has 1 aliphatic heterocycles. The van der Waals surface area contributed by atoms with Gasteiger partial charge >= 0.3 is 0 Å². The van der Waals surface area contributed by atoms with Gasteiger partial charge in [0.2, 0.25) is 0 Å². The quantitative estimate of drug-likeness (QED) is 0.851. The van der Waals surface area contributed by atoms with Gasteiger partial charge in [0, 0.05) is 23.2 Å². The summed E-state index contributed by atoms with van der Waals surface area (Å²) in [5, 5.41) is 15.7. The van der Waals surface area contributed by atoms with Gasteiger partial charge in [0.1, 0.15) is 0 Å². The zero-order valence-corrected chi connectivity index (χ0v) is 10.5. The minimum atomic E-state index is -0.476. The molecule has 2 N–H and O–H groups in total. The number of hydrogen-bond acceptors (Lipinski definition) is 4. The molecule has 2 nitrogen and oxygen atoms in total. The highest BCUT2D eigenvalue weighted by molar-refractivity contribution is 7.99. The highest BCUT2D eigenvalue weighted by Gasteiger charge is 2.31. The van der Waals surface area contributed by atoms with Crippen molar-refractivity contribution in [3.05, 3.63) is 22.4 Å². The third-order valence-corrected chi connectivity index (χ3v) is 5.08.